The fraction of sp³-hybridized carbons (Fsp3) is 0.488. The zero-order chi connectivity index (χ0) is 39.2. The molecule has 4 fully saturated rings. The van der Waals surface area contributed by atoms with Crippen molar-refractivity contribution in [1.29, 1.82) is 0 Å². The van der Waals surface area contributed by atoms with Gasteiger partial charge in [0.05, 0.1) is 41.9 Å². The van der Waals surface area contributed by atoms with E-state index in [0.29, 0.717) is 22.7 Å². The number of nitrogens with zero attached hydrogens (tertiary/aromatic N) is 8. The number of anilines is 4. The number of halogens is 1. The van der Waals surface area contributed by atoms with Gasteiger partial charge in [-0.15, -0.1) is 0 Å². The maximum atomic E-state index is 15.4. The molecular formula is C41H48FN11O4. The van der Waals surface area contributed by atoms with Gasteiger partial charge in [0.2, 0.25) is 11.8 Å². The molecular weight excluding hydrogens is 730 g/mol. The molecule has 4 saturated heterocycles. The number of aromatic nitrogens is 4. The predicted molar refractivity (Wildman–Crippen MR) is 212 cm³/mol. The van der Waals surface area contributed by atoms with Crippen LogP contribution in [0.1, 0.15) is 90.2 Å². The molecule has 0 spiro atoms. The van der Waals surface area contributed by atoms with Gasteiger partial charge < -0.3 is 30.7 Å². The summed E-state index contributed by atoms with van der Waals surface area (Å²) in [5.41, 5.74) is 9.83. The van der Waals surface area contributed by atoms with Crippen molar-refractivity contribution in [1.82, 2.24) is 34.9 Å². The van der Waals surface area contributed by atoms with Gasteiger partial charge in [-0.2, -0.15) is 5.10 Å². The normalized spacial score (nSPS) is 21.3. The Hall–Kier alpha value is -5.64. The number of nitrogens with two attached hydrogens (primary N) is 1. The van der Waals surface area contributed by atoms with Gasteiger partial charge in [0.1, 0.15) is 23.4 Å². The molecule has 298 valence electrons. The Kier molecular flexibility index (Phi) is 9.97. The van der Waals surface area contributed by atoms with Crippen molar-refractivity contribution in [2.45, 2.75) is 76.4 Å². The first-order valence-electron chi connectivity index (χ1n) is 20.3. The van der Waals surface area contributed by atoms with E-state index in [-0.39, 0.29) is 54.7 Å². The number of fused-ring (bicyclic) bond motifs is 2. The molecule has 4 amide bonds. The van der Waals surface area contributed by atoms with Crippen LogP contribution in [0.15, 0.2) is 42.9 Å². The lowest BCUT2D eigenvalue weighted by molar-refractivity contribution is -0.136. The highest BCUT2D eigenvalue weighted by Gasteiger charge is 2.41. The van der Waals surface area contributed by atoms with Crippen molar-refractivity contribution in [3.05, 3.63) is 65.5 Å². The van der Waals surface area contributed by atoms with Gasteiger partial charge in [0.15, 0.2) is 0 Å². The molecule has 5 aliphatic rings. The molecule has 0 aliphatic carbocycles. The van der Waals surface area contributed by atoms with Gasteiger partial charge in [-0.3, -0.25) is 29.2 Å². The summed E-state index contributed by atoms with van der Waals surface area (Å²) in [6.45, 7) is 6.41. The number of benzene rings is 2. The van der Waals surface area contributed by atoms with Crippen LogP contribution in [0.5, 0.6) is 0 Å². The molecule has 4 N–H and O–H groups in total. The van der Waals surface area contributed by atoms with Crippen LogP contribution in [0, 0.1) is 11.7 Å². The molecule has 4 aromatic rings. The number of imide groups is 1. The zero-order valence-electron chi connectivity index (χ0n) is 32.0. The van der Waals surface area contributed by atoms with Crippen molar-refractivity contribution in [3.8, 4) is 0 Å². The average molecular weight is 778 g/mol. The molecule has 7 heterocycles. The zero-order valence-corrected chi connectivity index (χ0v) is 32.0. The molecule has 2 aromatic heterocycles. The molecule has 9 rings (SSSR count). The van der Waals surface area contributed by atoms with Crippen LogP contribution in [0.2, 0.25) is 0 Å². The summed E-state index contributed by atoms with van der Waals surface area (Å²) in [7, 11) is 0. The molecule has 5 aliphatic heterocycles. The van der Waals surface area contributed by atoms with Crippen molar-refractivity contribution in [2.75, 3.05) is 66.7 Å². The van der Waals surface area contributed by atoms with Crippen LogP contribution >= 0.6 is 0 Å². The molecule has 15 nitrogen and oxygen atoms in total. The molecule has 1 atom stereocenters. The fourth-order valence-corrected chi connectivity index (χ4v) is 9.29. The van der Waals surface area contributed by atoms with Crippen LogP contribution in [0.4, 0.5) is 27.3 Å². The maximum Gasteiger partial charge on any atom is 0.275 e. The lowest BCUT2D eigenvalue weighted by Crippen LogP contribution is -2.52. The number of carbonyl (C=O) groups excluding carboxylic acids is 4. The summed E-state index contributed by atoms with van der Waals surface area (Å²) < 4.78 is 17.5. The number of piperidine rings is 4. The Morgan fingerprint density at radius 2 is 1.68 bits per heavy atom. The van der Waals surface area contributed by atoms with E-state index in [2.05, 4.69) is 52.2 Å². The fourth-order valence-electron chi connectivity index (χ4n) is 9.29. The standard InChI is InChI=1S/C41H48FN11O4/c42-31-18-28(17-29-30(31)24-52(41(29)57)35-4-5-38(54)47-40(35)56)50-14-6-25(7-15-50)22-49-12-8-27(9-13-49)53-23-26-16-33(46-39(55)34-20-45-37(43)21-44-34)36(19-32(26)48-53)51-10-2-1-3-11-51/h16-21,23,25,27,35H,1-15,22,24H2,(H2,43,45)(H,46,55)(H,47,54,56). The van der Waals surface area contributed by atoms with E-state index < -0.39 is 17.8 Å². The molecule has 0 saturated carbocycles. The molecule has 0 radical (unpaired) electrons. The number of hydrogen-bond donors (Lipinski definition) is 3. The van der Waals surface area contributed by atoms with Gasteiger partial charge in [-0.05, 0) is 81.5 Å². The van der Waals surface area contributed by atoms with E-state index in [0.717, 1.165) is 107 Å². The molecule has 16 heteroatoms. The highest BCUT2D eigenvalue weighted by molar-refractivity contribution is 6.07. The largest absolute Gasteiger partial charge is 0.382 e. The van der Waals surface area contributed by atoms with Gasteiger partial charge in [-0.1, -0.05) is 0 Å². The Bertz CT molecular complexity index is 2210. The topological polar surface area (TPSA) is 175 Å². The van der Waals surface area contributed by atoms with Crippen LogP contribution in [-0.2, 0) is 16.1 Å². The van der Waals surface area contributed by atoms with Crippen molar-refractivity contribution < 1.29 is 23.6 Å². The Labute approximate surface area is 329 Å². The highest BCUT2D eigenvalue weighted by atomic mass is 19.1. The maximum absolute atomic E-state index is 15.4. The summed E-state index contributed by atoms with van der Waals surface area (Å²) in [5.74, 6) is -1.19. The number of nitrogens with one attached hydrogen (secondary N) is 2. The van der Waals surface area contributed by atoms with E-state index in [1.807, 2.05) is 6.07 Å². The van der Waals surface area contributed by atoms with Crippen molar-refractivity contribution in [3.63, 3.8) is 0 Å². The highest BCUT2D eigenvalue weighted by Crippen LogP contribution is 2.36. The minimum Gasteiger partial charge on any atom is -0.382 e. The van der Waals surface area contributed by atoms with Crippen LogP contribution in [0.25, 0.3) is 10.9 Å². The first-order chi connectivity index (χ1) is 27.7. The number of carbonyl (C=O) groups is 4. The number of amides is 4. The minimum absolute atomic E-state index is 0.0325. The summed E-state index contributed by atoms with van der Waals surface area (Å²) in [6, 6.07) is 6.94. The van der Waals surface area contributed by atoms with Gasteiger partial charge in [0, 0.05) is 80.6 Å². The summed E-state index contributed by atoms with van der Waals surface area (Å²) >= 11 is 0. The third kappa shape index (κ3) is 7.49. The smallest absolute Gasteiger partial charge is 0.275 e. The van der Waals surface area contributed by atoms with E-state index in [9.17, 15) is 19.2 Å². The number of hydrogen-bond acceptors (Lipinski definition) is 11. The summed E-state index contributed by atoms with van der Waals surface area (Å²) in [5, 5.41) is 11.4. The first-order valence-corrected chi connectivity index (χ1v) is 20.3. The lowest BCUT2D eigenvalue weighted by atomic mass is 9.94. The Morgan fingerprint density at radius 1 is 0.895 bits per heavy atom. The molecule has 1 unspecified atom stereocenters. The number of rotatable bonds is 8. The minimum atomic E-state index is -0.768. The third-order valence-electron chi connectivity index (χ3n) is 12.5. The molecule has 0 bridgehead atoms. The number of likely N-dealkylation sites (tertiary alicyclic amines) is 1. The van der Waals surface area contributed by atoms with Crippen molar-refractivity contribution in [2.24, 2.45) is 5.92 Å². The molecule has 57 heavy (non-hydrogen) atoms. The lowest BCUT2D eigenvalue weighted by Gasteiger charge is -2.38. The second kappa shape index (κ2) is 15.4. The SMILES string of the molecule is Nc1cnc(C(=O)Nc2cc3cn(C4CCN(CC5CCN(c6cc(F)c7c(c6)C(=O)N(C6CCC(=O)NC6=O)C7)CC5)CC4)nc3cc2N2CCCCC2)cn1. The summed E-state index contributed by atoms with van der Waals surface area (Å²) in [6.07, 6.45) is 12.6. The van der Waals surface area contributed by atoms with Crippen molar-refractivity contribution >= 4 is 57.4 Å². The van der Waals surface area contributed by atoms with Crippen LogP contribution < -0.4 is 26.2 Å². The Morgan fingerprint density at radius 3 is 2.42 bits per heavy atom. The Balaban J connectivity index is 0.804. The second-order valence-electron chi connectivity index (χ2n) is 16.2. The van der Waals surface area contributed by atoms with E-state index in [1.54, 1.807) is 6.07 Å². The first kappa shape index (κ1) is 37.0. The van der Waals surface area contributed by atoms with Gasteiger partial charge >= 0.3 is 0 Å². The monoisotopic (exact) mass is 777 g/mol. The van der Waals surface area contributed by atoms with E-state index >= 15 is 4.39 Å². The quantitative estimate of drug-likeness (QED) is 0.220. The second-order valence-corrected chi connectivity index (χ2v) is 16.2. The van der Waals surface area contributed by atoms with E-state index in [4.69, 9.17) is 10.8 Å². The third-order valence-corrected chi connectivity index (χ3v) is 12.5. The van der Waals surface area contributed by atoms with Crippen LogP contribution in [0.3, 0.4) is 0 Å². The van der Waals surface area contributed by atoms with E-state index in [1.165, 1.54) is 29.8 Å². The average Bonchev–Trinajstić information content (AvgIpc) is 3.79. The number of nitrogen functional groups attached to an aromatic ring is 1. The van der Waals surface area contributed by atoms with Gasteiger partial charge in [-0.25, -0.2) is 14.4 Å². The van der Waals surface area contributed by atoms with Gasteiger partial charge in [0.25, 0.3) is 11.8 Å². The summed E-state index contributed by atoms with van der Waals surface area (Å²) in [4.78, 5) is 67.3. The molecule has 2 aromatic carbocycles. The predicted octanol–water partition coefficient (Wildman–Crippen LogP) is 4.10. The van der Waals surface area contributed by atoms with Crippen LogP contribution in [-0.4, -0.2) is 105 Å².